The van der Waals surface area contributed by atoms with Crippen LogP contribution in [0.3, 0.4) is 0 Å². The fourth-order valence-corrected chi connectivity index (χ4v) is 4.64. The van der Waals surface area contributed by atoms with E-state index in [0.29, 0.717) is 6.61 Å². The molecule has 1 aromatic carbocycles. The Labute approximate surface area is 224 Å². The van der Waals surface area contributed by atoms with Crippen molar-refractivity contribution in [3.63, 3.8) is 0 Å². The van der Waals surface area contributed by atoms with E-state index in [1.807, 2.05) is 30.3 Å². The molecule has 1 heterocycles. The highest BCUT2D eigenvalue weighted by Crippen LogP contribution is 2.28. The predicted molar refractivity (Wildman–Crippen MR) is 147 cm³/mol. The third-order valence-electron chi connectivity index (χ3n) is 6.92. The first-order valence-electron chi connectivity index (χ1n) is 14.7. The van der Waals surface area contributed by atoms with Crippen LogP contribution in [-0.4, -0.2) is 41.6 Å². The molecule has 210 valence electrons. The van der Waals surface area contributed by atoms with Crippen molar-refractivity contribution in [1.82, 2.24) is 0 Å². The van der Waals surface area contributed by atoms with Gasteiger partial charge in [-0.05, 0) is 12.0 Å². The van der Waals surface area contributed by atoms with Crippen LogP contribution in [-0.2, 0) is 25.6 Å². The Morgan fingerprint density at radius 2 is 1.30 bits per heavy atom. The minimum atomic E-state index is -1.26. The third kappa shape index (κ3) is 12.8. The standard InChI is InChI=1S/C31H50O6/c1-2-3-4-5-6-7-8-9-10-11-12-13-14-15-16-20-23-35-30-29(28(27(33)24-32)37-31(30)34)36-25-26-21-18-17-19-22-26/h17-19,21-22,27-28,32-33H,2-16,20,23-25H2,1H3/t27-,28+/m0/s1. The number of rotatable bonds is 23. The molecule has 1 aromatic rings. The zero-order valence-electron chi connectivity index (χ0n) is 23.0. The third-order valence-corrected chi connectivity index (χ3v) is 6.92. The van der Waals surface area contributed by atoms with Crippen LogP contribution in [0, 0.1) is 0 Å². The summed E-state index contributed by atoms with van der Waals surface area (Å²) in [7, 11) is 0. The molecule has 2 atom stereocenters. The van der Waals surface area contributed by atoms with Crippen LogP contribution < -0.4 is 0 Å². The monoisotopic (exact) mass is 518 g/mol. The Kier molecular flexibility index (Phi) is 16.8. The van der Waals surface area contributed by atoms with Crippen molar-refractivity contribution in [1.29, 1.82) is 0 Å². The Balaban J connectivity index is 1.56. The van der Waals surface area contributed by atoms with Crippen molar-refractivity contribution in [2.75, 3.05) is 13.2 Å². The van der Waals surface area contributed by atoms with Gasteiger partial charge in [0.15, 0.2) is 11.9 Å². The molecule has 0 radical (unpaired) electrons. The molecule has 0 unspecified atom stereocenters. The lowest BCUT2D eigenvalue weighted by atomic mass is 10.0. The summed E-state index contributed by atoms with van der Waals surface area (Å²) >= 11 is 0. The van der Waals surface area contributed by atoms with Gasteiger partial charge in [-0.15, -0.1) is 0 Å². The number of ether oxygens (including phenoxy) is 3. The largest absolute Gasteiger partial charge is 0.485 e. The van der Waals surface area contributed by atoms with Gasteiger partial charge in [-0.1, -0.05) is 134 Å². The summed E-state index contributed by atoms with van der Waals surface area (Å²) in [5.41, 5.74) is 0.920. The molecule has 2 rings (SSSR count). The quantitative estimate of drug-likeness (QED) is 0.120. The first kappa shape index (κ1) is 31.2. The fraction of sp³-hybridized carbons (Fsp3) is 0.710. The van der Waals surface area contributed by atoms with Crippen molar-refractivity contribution in [3.8, 4) is 0 Å². The number of aliphatic hydroxyl groups is 2. The number of cyclic esters (lactones) is 1. The molecular weight excluding hydrogens is 468 g/mol. The number of hydrogen-bond donors (Lipinski definition) is 2. The Morgan fingerprint density at radius 3 is 1.81 bits per heavy atom. The lowest BCUT2D eigenvalue weighted by Crippen LogP contribution is -2.32. The van der Waals surface area contributed by atoms with Crippen LogP contribution in [0.2, 0.25) is 0 Å². The van der Waals surface area contributed by atoms with Crippen LogP contribution in [0.5, 0.6) is 0 Å². The van der Waals surface area contributed by atoms with Crippen molar-refractivity contribution < 1.29 is 29.2 Å². The number of carbonyl (C=O) groups is 1. The number of carbonyl (C=O) groups excluding carboxylic acids is 1. The number of benzene rings is 1. The molecule has 6 nitrogen and oxygen atoms in total. The van der Waals surface area contributed by atoms with Crippen molar-refractivity contribution in [3.05, 3.63) is 47.4 Å². The molecule has 0 amide bonds. The van der Waals surface area contributed by atoms with Gasteiger partial charge >= 0.3 is 5.97 Å². The van der Waals surface area contributed by atoms with Crippen LogP contribution >= 0.6 is 0 Å². The lowest BCUT2D eigenvalue weighted by molar-refractivity contribution is -0.148. The highest BCUT2D eigenvalue weighted by Gasteiger charge is 2.41. The average Bonchev–Trinajstić information content (AvgIpc) is 3.24. The topological polar surface area (TPSA) is 85.2 Å². The summed E-state index contributed by atoms with van der Waals surface area (Å²) < 4.78 is 16.8. The summed E-state index contributed by atoms with van der Waals surface area (Å²) in [6, 6.07) is 9.53. The Bertz CT molecular complexity index is 747. The van der Waals surface area contributed by atoms with E-state index in [1.54, 1.807) is 0 Å². The molecule has 0 saturated carbocycles. The summed E-state index contributed by atoms with van der Waals surface area (Å²) in [5.74, 6) is -0.488. The van der Waals surface area contributed by atoms with E-state index in [9.17, 15) is 15.0 Å². The van der Waals surface area contributed by atoms with Crippen LogP contribution in [0.15, 0.2) is 41.9 Å². The van der Waals surface area contributed by atoms with E-state index in [1.165, 1.54) is 83.5 Å². The van der Waals surface area contributed by atoms with E-state index in [-0.39, 0.29) is 18.1 Å². The molecule has 2 N–H and O–H groups in total. The summed E-state index contributed by atoms with van der Waals surface area (Å²) in [5, 5.41) is 19.4. The normalized spacial score (nSPS) is 16.2. The molecule has 1 aliphatic heterocycles. The zero-order valence-corrected chi connectivity index (χ0v) is 23.0. The Morgan fingerprint density at radius 1 is 0.784 bits per heavy atom. The number of hydrogen-bond acceptors (Lipinski definition) is 6. The fourth-order valence-electron chi connectivity index (χ4n) is 4.64. The zero-order chi connectivity index (χ0) is 26.6. The molecule has 0 spiro atoms. The van der Waals surface area contributed by atoms with Gasteiger partial charge in [0.2, 0.25) is 5.76 Å². The SMILES string of the molecule is CCCCCCCCCCCCCCCCCCOC1=C(OCc2ccccc2)[C@@H]([C@@H](O)CO)OC1=O. The second-order valence-corrected chi connectivity index (χ2v) is 10.2. The number of esters is 1. The molecule has 37 heavy (non-hydrogen) atoms. The number of unbranched alkanes of at least 4 members (excludes halogenated alkanes) is 15. The van der Waals surface area contributed by atoms with Gasteiger partial charge in [-0.25, -0.2) is 4.79 Å². The summed E-state index contributed by atoms with van der Waals surface area (Å²) in [6.07, 6.45) is 18.4. The maximum Gasteiger partial charge on any atom is 0.378 e. The minimum absolute atomic E-state index is 0.00869. The summed E-state index contributed by atoms with van der Waals surface area (Å²) in [4.78, 5) is 12.4. The van der Waals surface area contributed by atoms with E-state index in [0.717, 1.165) is 24.8 Å². The van der Waals surface area contributed by atoms with Crippen molar-refractivity contribution in [2.24, 2.45) is 0 Å². The maximum absolute atomic E-state index is 12.4. The highest BCUT2D eigenvalue weighted by atomic mass is 16.6. The van der Waals surface area contributed by atoms with Gasteiger partial charge in [-0.3, -0.25) is 0 Å². The molecule has 0 fully saturated rings. The Hall–Kier alpha value is -2.05. The second kappa shape index (κ2) is 20.0. The maximum atomic E-state index is 12.4. The minimum Gasteiger partial charge on any atom is -0.485 e. The number of aliphatic hydroxyl groups excluding tert-OH is 2. The van der Waals surface area contributed by atoms with Gasteiger partial charge in [0, 0.05) is 0 Å². The second-order valence-electron chi connectivity index (χ2n) is 10.2. The molecular formula is C31H50O6. The van der Waals surface area contributed by atoms with Gasteiger partial charge in [0.05, 0.1) is 13.2 Å². The van der Waals surface area contributed by atoms with Crippen LogP contribution in [0.4, 0.5) is 0 Å². The van der Waals surface area contributed by atoms with Gasteiger partial charge in [0.1, 0.15) is 12.7 Å². The predicted octanol–water partition coefficient (Wildman–Crippen LogP) is 6.97. The van der Waals surface area contributed by atoms with Crippen LogP contribution in [0.1, 0.15) is 115 Å². The first-order valence-corrected chi connectivity index (χ1v) is 14.7. The molecule has 0 aliphatic carbocycles. The van der Waals surface area contributed by atoms with E-state index in [4.69, 9.17) is 14.2 Å². The van der Waals surface area contributed by atoms with E-state index in [2.05, 4.69) is 6.92 Å². The molecule has 0 aromatic heterocycles. The van der Waals surface area contributed by atoms with Crippen molar-refractivity contribution in [2.45, 2.75) is 128 Å². The van der Waals surface area contributed by atoms with E-state index < -0.39 is 24.8 Å². The van der Waals surface area contributed by atoms with Crippen molar-refractivity contribution >= 4 is 5.97 Å². The van der Waals surface area contributed by atoms with Gasteiger partial charge < -0.3 is 24.4 Å². The smallest absolute Gasteiger partial charge is 0.378 e. The highest BCUT2D eigenvalue weighted by molar-refractivity contribution is 5.89. The molecule has 0 bridgehead atoms. The molecule has 6 heteroatoms. The molecule has 1 aliphatic rings. The van der Waals surface area contributed by atoms with Crippen LogP contribution in [0.25, 0.3) is 0 Å². The van der Waals surface area contributed by atoms with E-state index >= 15 is 0 Å². The first-order chi connectivity index (χ1) is 18.2. The lowest BCUT2D eigenvalue weighted by Gasteiger charge is -2.18. The molecule has 0 saturated heterocycles. The van der Waals surface area contributed by atoms with Gasteiger partial charge in [-0.2, -0.15) is 0 Å². The van der Waals surface area contributed by atoms with Gasteiger partial charge in [0.25, 0.3) is 0 Å². The average molecular weight is 519 g/mol. The summed E-state index contributed by atoms with van der Waals surface area (Å²) in [6.45, 7) is 2.34.